The Kier molecular flexibility index (Phi) is 31.4. The predicted molar refractivity (Wildman–Crippen MR) is 344 cm³/mol. The van der Waals surface area contributed by atoms with Crippen LogP contribution in [0.2, 0.25) is 0 Å². The summed E-state index contributed by atoms with van der Waals surface area (Å²) in [5, 5.41) is 65.2. The lowest BCUT2D eigenvalue weighted by Crippen LogP contribution is -2.62. The number of carbonyl (C=O) groups is 12. The van der Waals surface area contributed by atoms with Crippen molar-refractivity contribution >= 4 is 76.9 Å². The molecule has 21 N–H and O–H groups in total. The Morgan fingerprint density at radius 2 is 1.17 bits per heavy atom. The van der Waals surface area contributed by atoms with Crippen LogP contribution in [-0.2, 0) is 76.8 Å². The van der Waals surface area contributed by atoms with E-state index < -0.39 is 163 Å². The van der Waals surface area contributed by atoms with Gasteiger partial charge in [-0.2, -0.15) is 0 Å². The number of carbonyl (C=O) groups excluding carboxylic acids is 11. The van der Waals surface area contributed by atoms with Crippen LogP contribution in [0.3, 0.4) is 0 Å². The van der Waals surface area contributed by atoms with Gasteiger partial charge >= 0.3 is 5.97 Å². The minimum atomic E-state index is -1.83. The number of nitrogens with two attached hydrogens (primary N) is 3. The first-order chi connectivity index (χ1) is 44.9. The van der Waals surface area contributed by atoms with Gasteiger partial charge in [-0.15, -0.1) is 0 Å². The Balaban J connectivity index is 1.45. The fourth-order valence-corrected chi connectivity index (χ4v) is 9.95. The van der Waals surface area contributed by atoms with Crippen molar-refractivity contribution < 1.29 is 78.0 Å². The molecule has 1 aromatic heterocycles. The number of aromatic nitrogens is 2. The predicted octanol–water partition coefficient (Wildman–Crippen LogP) is -4.42. The summed E-state index contributed by atoms with van der Waals surface area (Å²) in [4.78, 5) is 176. The quantitative estimate of drug-likeness (QED) is 0.0146. The Morgan fingerprint density at radius 3 is 1.74 bits per heavy atom. The number of benzene rings is 2. The molecule has 1 aliphatic heterocycles. The maximum Gasteiger partial charge on any atom is 0.328 e. The minimum Gasteiger partial charge on any atom is -0.508 e. The lowest BCUT2D eigenvalue weighted by atomic mass is 9.97. The zero-order chi connectivity index (χ0) is 70.6. The number of aromatic amines is 1. The minimum absolute atomic E-state index is 0.00429. The zero-order valence-corrected chi connectivity index (χ0v) is 54.4. The number of hydrogen-bond acceptors (Lipinski definition) is 18. The highest BCUT2D eigenvalue weighted by Gasteiger charge is 2.39. The molecule has 33 nitrogen and oxygen atoms in total. The van der Waals surface area contributed by atoms with Gasteiger partial charge in [-0.05, 0) is 81.5 Å². The van der Waals surface area contributed by atoms with E-state index >= 15 is 0 Å². The number of carboxylic acid groups (broad SMARTS) is 1. The van der Waals surface area contributed by atoms with Crippen LogP contribution in [0.25, 0.3) is 0 Å². The highest BCUT2D eigenvalue weighted by atomic mass is 16.4. The first kappa shape index (κ1) is 77.7. The number of aliphatic carboxylic acids is 1. The molecule has 0 radical (unpaired) electrons. The monoisotopic (exact) mass is 1330 g/mol. The van der Waals surface area contributed by atoms with Gasteiger partial charge in [0, 0.05) is 44.2 Å². The molecule has 1 saturated heterocycles. The highest BCUT2D eigenvalue weighted by Crippen LogP contribution is 2.19. The van der Waals surface area contributed by atoms with Gasteiger partial charge in [0.15, 0.2) is 12.0 Å². The standard InChI is InChI=1S/C62H93N17O16/c1-8-32(3)48(63)58(91)75-44(27-39-28-66-31-70-39)56(89)76-49(33(4)9-2)59(92)69-30-47(84)79-24-14-18-45(79)57(90)68-29-46(83)72-41(17-13-23-67-62(64)65)53(86)71-34(5)52(85)73-42(25-37-15-11-10-12-16-37)54(87)74-43(26-38-19-21-40(82)22-20-38)55(88)77-50(35(6)80)60(93)78-51(36(7)81)61(94)95/h10-12,15-16,19-22,28,31-36,41-45,48-51,80-82H,8-9,13-14,17-18,23-27,29-30,63H2,1-7H3,(H,66,70)(H,68,90)(H,69,92)(H,71,86)(H,72,83)(H,73,85)(H,74,87)(H,75,91)(H,76,89)(H,77,88)(H,78,93)(H,94,95)(H4,64,65,67)/t32-,33-,34-,35+,36+,41-,42-,43-,44-,45-,48-,49-,50-,51-/m0/s1. The van der Waals surface area contributed by atoms with Crippen molar-refractivity contribution in [2.45, 2.75) is 179 Å². The second kappa shape index (κ2) is 38.4. The molecule has 0 bridgehead atoms. The summed E-state index contributed by atoms with van der Waals surface area (Å²) in [5.41, 5.74) is 18.6. The maximum atomic E-state index is 14.4. The molecule has 1 aliphatic rings. The number of guanidine groups is 1. The van der Waals surface area contributed by atoms with E-state index in [-0.39, 0.29) is 69.2 Å². The molecular formula is C62H93N17O16. The van der Waals surface area contributed by atoms with E-state index in [1.807, 2.05) is 6.92 Å². The van der Waals surface area contributed by atoms with Gasteiger partial charge < -0.3 is 101 Å². The number of aromatic hydroxyl groups is 1. The number of amides is 11. The lowest BCUT2D eigenvalue weighted by molar-refractivity contribution is -0.146. The van der Waals surface area contributed by atoms with Crippen molar-refractivity contribution in [3.8, 4) is 5.75 Å². The molecule has 95 heavy (non-hydrogen) atoms. The van der Waals surface area contributed by atoms with E-state index in [0.29, 0.717) is 36.1 Å². The van der Waals surface area contributed by atoms with Crippen molar-refractivity contribution in [3.63, 3.8) is 0 Å². The van der Waals surface area contributed by atoms with Gasteiger partial charge in [-0.25, -0.2) is 9.78 Å². The second-order valence-corrected chi connectivity index (χ2v) is 23.6. The number of phenols is 1. The summed E-state index contributed by atoms with van der Waals surface area (Å²) >= 11 is 0. The molecule has 33 heteroatoms. The lowest BCUT2D eigenvalue weighted by Gasteiger charge is -2.28. The van der Waals surface area contributed by atoms with Gasteiger partial charge in [-0.3, -0.25) is 57.7 Å². The third-order valence-electron chi connectivity index (χ3n) is 16.1. The molecule has 2 heterocycles. The van der Waals surface area contributed by atoms with E-state index in [0.717, 1.165) is 13.8 Å². The normalized spacial score (nSPS) is 16.8. The molecule has 0 aliphatic carbocycles. The average Bonchev–Trinajstić information content (AvgIpc) is 1.86. The van der Waals surface area contributed by atoms with Crippen LogP contribution >= 0.6 is 0 Å². The van der Waals surface area contributed by atoms with Crippen LogP contribution in [-0.4, -0.2) is 211 Å². The smallest absolute Gasteiger partial charge is 0.328 e. The summed E-state index contributed by atoms with van der Waals surface area (Å²) in [7, 11) is 0. The molecule has 1 fully saturated rings. The van der Waals surface area contributed by atoms with Crippen LogP contribution < -0.4 is 70.4 Å². The van der Waals surface area contributed by atoms with Gasteiger partial charge in [0.05, 0.1) is 37.7 Å². The van der Waals surface area contributed by atoms with E-state index in [9.17, 15) is 78.0 Å². The topological polar surface area (TPSA) is 528 Å². The molecule has 14 atom stereocenters. The zero-order valence-electron chi connectivity index (χ0n) is 54.4. The van der Waals surface area contributed by atoms with Crippen LogP contribution in [0.1, 0.15) is 104 Å². The summed E-state index contributed by atoms with van der Waals surface area (Å²) < 4.78 is 0. The number of nitrogens with one attached hydrogen (secondary N) is 11. The average molecular weight is 1330 g/mol. The Morgan fingerprint density at radius 1 is 0.621 bits per heavy atom. The molecule has 0 saturated carbocycles. The number of carboxylic acids is 1. The summed E-state index contributed by atoms with van der Waals surface area (Å²) in [5.74, 6) is -11.8. The molecule has 522 valence electrons. The number of H-pyrrole nitrogens is 1. The Labute approximate surface area is 549 Å². The molecule has 0 unspecified atom stereocenters. The third kappa shape index (κ3) is 25.2. The SMILES string of the molecule is CC[C@H](C)[C@H](N)C(=O)N[C@@H](Cc1cnc[nH]1)C(=O)N[C@H](C(=O)NCC(=O)N1CCC[C@H]1C(=O)NCC(=O)N[C@@H](CCCN=C(N)N)C(=O)N[C@@H](C)C(=O)N[C@@H](Cc1ccccc1)C(=O)N[C@@H](Cc1ccc(O)cc1)C(=O)N[C@H](C(=O)N[C@H](C(=O)O)[C@@H](C)O)[C@@H](C)O)[C@@H](C)CC. The van der Waals surface area contributed by atoms with Crippen molar-refractivity contribution in [3.05, 3.63) is 83.9 Å². The van der Waals surface area contributed by atoms with Crippen LogP contribution in [0.15, 0.2) is 72.1 Å². The van der Waals surface area contributed by atoms with Crippen LogP contribution in [0.5, 0.6) is 5.75 Å². The number of aliphatic hydroxyl groups excluding tert-OH is 2. The number of likely N-dealkylation sites (tertiary alicyclic amines) is 1. The molecule has 11 amide bonds. The number of rotatable bonds is 38. The first-order valence-electron chi connectivity index (χ1n) is 31.4. The third-order valence-corrected chi connectivity index (χ3v) is 16.1. The van der Waals surface area contributed by atoms with Crippen LogP contribution in [0.4, 0.5) is 0 Å². The van der Waals surface area contributed by atoms with E-state index in [1.54, 1.807) is 51.1 Å². The first-order valence-corrected chi connectivity index (χ1v) is 31.4. The van der Waals surface area contributed by atoms with Crippen LogP contribution in [0, 0.1) is 11.8 Å². The van der Waals surface area contributed by atoms with Crippen molar-refractivity contribution in [2.24, 2.45) is 34.0 Å². The Hall–Kier alpha value is -9.76. The number of aliphatic imine (C=N–C) groups is 1. The number of imidazole rings is 1. The fourth-order valence-electron chi connectivity index (χ4n) is 9.95. The van der Waals surface area contributed by atoms with Crippen molar-refractivity contribution in [1.82, 2.24) is 68.0 Å². The summed E-state index contributed by atoms with van der Waals surface area (Å²) in [6.07, 6.45) is 0.809. The van der Waals surface area contributed by atoms with E-state index in [4.69, 9.17) is 17.2 Å². The van der Waals surface area contributed by atoms with Crippen molar-refractivity contribution in [2.75, 3.05) is 26.2 Å². The van der Waals surface area contributed by atoms with Gasteiger partial charge in [-0.1, -0.05) is 83.0 Å². The number of aliphatic hydroxyl groups is 2. The maximum absolute atomic E-state index is 14.4. The second-order valence-electron chi connectivity index (χ2n) is 23.6. The van der Waals surface area contributed by atoms with Gasteiger partial charge in [0.25, 0.3) is 0 Å². The molecular weight excluding hydrogens is 1240 g/mol. The largest absolute Gasteiger partial charge is 0.508 e. The van der Waals surface area contributed by atoms with Gasteiger partial charge in [0.2, 0.25) is 65.0 Å². The number of nitrogens with zero attached hydrogens (tertiary/aromatic N) is 3. The highest BCUT2D eigenvalue weighted by molar-refractivity contribution is 5.99. The van der Waals surface area contributed by atoms with E-state index in [1.165, 1.54) is 48.6 Å². The molecule has 2 aromatic carbocycles. The molecule has 4 rings (SSSR count). The number of phenolic OH excluding ortho intramolecular Hbond substituents is 1. The molecule has 0 spiro atoms. The van der Waals surface area contributed by atoms with Crippen molar-refractivity contribution in [1.29, 1.82) is 0 Å². The Bertz CT molecular complexity index is 3110. The summed E-state index contributed by atoms with van der Waals surface area (Å²) in [6.45, 7) is 9.61. The number of hydrogen-bond donors (Lipinski definition) is 18. The molecule has 3 aromatic rings. The van der Waals surface area contributed by atoms with Gasteiger partial charge in [0.1, 0.15) is 54.1 Å². The summed E-state index contributed by atoms with van der Waals surface area (Å²) in [6, 6.07) is 0.0291. The fraction of sp³-hybridized carbons (Fsp3) is 0.548. The van der Waals surface area contributed by atoms with E-state index in [2.05, 4.69) is 68.1 Å².